The molecule has 0 N–H and O–H groups in total. The van der Waals surface area contributed by atoms with Gasteiger partial charge in [0.05, 0.1) is 5.88 Å². The molecule has 0 unspecified atom stereocenters. The number of amides is 1. The minimum absolute atomic E-state index is 0.00818. The van der Waals surface area contributed by atoms with E-state index in [0.717, 1.165) is 0 Å². The first-order valence-corrected chi connectivity index (χ1v) is 4.31. The number of carbonyl (C=O) groups excluding carboxylic acids is 1. The third-order valence-corrected chi connectivity index (χ3v) is 1.86. The Labute approximate surface area is 81.3 Å². The highest BCUT2D eigenvalue weighted by molar-refractivity contribution is 6.16. The average Bonchev–Trinajstić information content (AvgIpc) is 2.51. The van der Waals surface area contributed by atoms with Crippen LogP contribution in [-0.2, 0) is 17.2 Å². The fourth-order valence-electron chi connectivity index (χ4n) is 0.802. The van der Waals surface area contributed by atoms with Crippen LogP contribution in [0.15, 0.2) is 6.33 Å². The molecule has 0 atom stereocenters. The van der Waals surface area contributed by atoms with Gasteiger partial charge in [0.2, 0.25) is 5.91 Å². The zero-order valence-corrected chi connectivity index (χ0v) is 8.32. The predicted octanol–water partition coefficient (Wildman–Crippen LogP) is 0.105. The van der Waals surface area contributed by atoms with E-state index in [0.29, 0.717) is 5.82 Å². The van der Waals surface area contributed by atoms with Crippen LogP contribution in [0, 0.1) is 0 Å². The van der Waals surface area contributed by atoms with Crippen LogP contribution in [0.25, 0.3) is 0 Å². The van der Waals surface area contributed by atoms with E-state index in [1.165, 1.54) is 11.2 Å². The lowest BCUT2D eigenvalue weighted by Gasteiger charge is -2.10. The molecule has 1 aromatic heterocycles. The lowest BCUT2D eigenvalue weighted by atomic mass is 10.5. The molecule has 1 rings (SSSR count). The third kappa shape index (κ3) is 2.42. The Hall–Kier alpha value is -1.10. The lowest BCUT2D eigenvalue weighted by molar-refractivity contribution is -0.129. The number of carbonyl (C=O) groups is 1. The van der Waals surface area contributed by atoms with Gasteiger partial charge in [-0.1, -0.05) is 0 Å². The van der Waals surface area contributed by atoms with Gasteiger partial charge in [0.1, 0.15) is 18.7 Å². The van der Waals surface area contributed by atoms with Crippen molar-refractivity contribution in [1.29, 1.82) is 0 Å². The molecule has 0 spiro atoms. The van der Waals surface area contributed by atoms with Crippen molar-refractivity contribution in [2.75, 3.05) is 14.1 Å². The van der Waals surface area contributed by atoms with E-state index in [1.807, 2.05) is 0 Å². The molecule has 0 aliphatic rings. The molecule has 0 radical (unpaired) electrons. The molecular weight excluding hydrogens is 192 g/mol. The van der Waals surface area contributed by atoms with E-state index in [-0.39, 0.29) is 18.3 Å². The number of rotatable bonds is 3. The molecule has 13 heavy (non-hydrogen) atoms. The van der Waals surface area contributed by atoms with E-state index < -0.39 is 0 Å². The maximum absolute atomic E-state index is 11.3. The number of hydrogen-bond donors (Lipinski definition) is 0. The lowest BCUT2D eigenvalue weighted by Crippen LogP contribution is -2.26. The number of hydrogen-bond acceptors (Lipinski definition) is 3. The SMILES string of the molecule is CN(C)C(=O)Cn1cnnc1CCl. The van der Waals surface area contributed by atoms with Crippen LogP contribution in [0.1, 0.15) is 5.82 Å². The van der Waals surface area contributed by atoms with Crippen LogP contribution in [0.4, 0.5) is 0 Å². The van der Waals surface area contributed by atoms with Crippen LogP contribution >= 0.6 is 11.6 Å². The summed E-state index contributed by atoms with van der Waals surface area (Å²) in [5, 5.41) is 7.42. The first kappa shape index (κ1) is 9.98. The highest BCUT2D eigenvalue weighted by Gasteiger charge is 2.08. The van der Waals surface area contributed by atoms with Gasteiger partial charge in [-0.15, -0.1) is 21.8 Å². The molecule has 6 heteroatoms. The molecule has 0 fully saturated rings. The average molecular weight is 203 g/mol. The topological polar surface area (TPSA) is 51.0 Å². The molecule has 0 saturated carbocycles. The first-order valence-electron chi connectivity index (χ1n) is 3.78. The Morgan fingerprint density at radius 1 is 1.69 bits per heavy atom. The Morgan fingerprint density at radius 2 is 2.38 bits per heavy atom. The van der Waals surface area contributed by atoms with E-state index in [4.69, 9.17) is 11.6 Å². The molecule has 72 valence electrons. The zero-order valence-electron chi connectivity index (χ0n) is 7.57. The molecule has 0 aromatic carbocycles. The summed E-state index contributed by atoms with van der Waals surface area (Å²) >= 11 is 5.59. The number of nitrogens with zero attached hydrogens (tertiary/aromatic N) is 4. The van der Waals surface area contributed by atoms with E-state index in [2.05, 4.69) is 10.2 Å². The number of halogens is 1. The minimum atomic E-state index is -0.00818. The Bertz CT molecular complexity index is 296. The highest BCUT2D eigenvalue weighted by Crippen LogP contribution is 1.99. The molecule has 1 heterocycles. The van der Waals surface area contributed by atoms with Gasteiger partial charge in [0, 0.05) is 14.1 Å². The van der Waals surface area contributed by atoms with Gasteiger partial charge in [0.15, 0.2) is 0 Å². The van der Waals surface area contributed by atoms with Crippen molar-refractivity contribution in [3.63, 3.8) is 0 Å². The maximum atomic E-state index is 11.3. The Kier molecular flexibility index (Phi) is 3.25. The van der Waals surface area contributed by atoms with Gasteiger partial charge < -0.3 is 9.47 Å². The van der Waals surface area contributed by atoms with Gasteiger partial charge in [-0.05, 0) is 0 Å². The predicted molar refractivity (Wildman–Crippen MR) is 48.3 cm³/mol. The Balaban J connectivity index is 2.68. The largest absolute Gasteiger partial charge is 0.347 e. The standard InChI is InChI=1S/C7H11ClN4O/c1-11(2)7(13)4-12-5-9-10-6(12)3-8/h5H,3-4H2,1-2H3. The third-order valence-electron chi connectivity index (χ3n) is 1.62. The van der Waals surface area contributed by atoms with Gasteiger partial charge in [-0.2, -0.15) is 0 Å². The van der Waals surface area contributed by atoms with Crippen LogP contribution in [0.2, 0.25) is 0 Å². The second-order valence-electron chi connectivity index (χ2n) is 2.80. The molecule has 1 amide bonds. The van der Waals surface area contributed by atoms with Crippen LogP contribution in [0.5, 0.6) is 0 Å². The number of alkyl halides is 1. The normalized spacial score (nSPS) is 10.1. The van der Waals surface area contributed by atoms with Crippen molar-refractivity contribution in [2.45, 2.75) is 12.4 Å². The molecule has 0 bridgehead atoms. The van der Waals surface area contributed by atoms with Crippen molar-refractivity contribution in [2.24, 2.45) is 0 Å². The first-order chi connectivity index (χ1) is 6.15. The summed E-state index contributed by atoms with van der Waals surface area (Å²) in [4.78, 5) is 12.8. The molecule has 0 saturated heterocycles. The van der Waals surface area contributed by atoms with E-state index in [9.17, 15) is 4.79 Å². The summed E-state index contributed by atoms with van der Waals surface area (Å²) in [6.45, 7) is 0.238. The smallest absolute Gasteiger partial charge is 0.242 e. The van der Waals surface area contributed by atoms with Crippen molar-refractivity contribution < 1.29 is 4.79 Å². The van der Waals surface area contributed by atoms with Crippen molar-refractivity contribution in [3.05, 3.63) is 12.2 Å². The summed E-state index contributed by atoms with van der Waals surface area (Å²) in [5.74, 6) is 0.865. The van der Waals surface area contributed by atoms with E-state index in [1.54, 1.807) is 18.7 Å². The van der Waals surface area contributed by atoms with E-state index >= 15 is 0 Å². The summed E-state index contributed by atoms with van der Waals surface area (Å²) < 4.78 is 1.63. The molecule has 0 aliphatic carbocycles. The molecular formula is C7H11ClN4O. The number of aromatic nitrogens is 3. The van der Waals surface area contributed by atoms with Crippen LogP contribution in [-0.4, -0.2) is 39.7 Å². The maximum Gasteiger partial charge on any atom is 0.242 e. The van der Waals surface area contributed by atoms with Gasteiger partial charge in [-0.3, -0.25) is 4.79 Å². The van der Waals surface area contributed by atoms with Crippen molar-refractivity contribution >= 4 is 17.5 Å². The monoisotopic (exact) mass is 202 g/mol. The van der Waals surface area contributed by atoms with Crippen molar-refractivity contribution in [1.82, 2.24) is 19.7 Å². The van der Waals surface area contributed by atoms with Gasteiger partial charge >= 0.3 is 0 Å². The molecule has 5 nitrogen and oxygen atoms in total. The van der Waals surface area contributed by atoms with Gasteiger partial charge in [0.25, 0.3) is 0 Å². The Morgan fingerprint density at radius 3 is 2.92 bits per heavy atom. The highest BCUT2D eigenvalue weighted by atomic mass is 35.5. The minimum Gasteiger partial charge on any atom is -0.347 e. The van der Waals surface area contributed by atoms with Crippen LogP contribution in [0.3, 0.4) is 0 Å². The summed E-state index contributed by atoms with van der Waals surface area (Å²) in [7, 11) is 3.40. The quantitative estimate of drug-likeness (QED) is 0.654. The summed E-state index contributed by atoms with van der Waals surface area (Å²) in [6.07, 6.45) is 1.50. The fraction of sp³-hybridized carbons (Fsp3) is 0.571. The second-order valence-corrected chi connectivity index (χ2v) is 3.06. The summed E-state index contributed by atoms with van der Waals surface area (Å²) in [6, 6.07) is 0. The number of likely N-dealkylation sites (N-methyl/N-ethyl adjacent to an activating group) is 1. The fourth-order valence-corrected chi connectivity index (χ4v) is 1.01. The zero-order chi connectivity index (χ0) is 9.84. The van der Waals surface area contributed by atoms with Crippen LogP contribution < -0.4 is 0 Å². The molecule has 0 aliphatic heterocycles. The van der Waals surface area contributed by atoms with Gasteiger partial charge in [-0.25, -0.2) is 0 Å². The molecule has 1 aromatic rings. The van der Waals surface area contributed by atoms with Crippen molar-refractivity contribution in [3.8, 4) is 0 Å². The second kappa shape index (κ2) is 4.23. The summed E-state index contributed by atoms with van der Waals surface area (Å²) in [5.41, 5.74) is 0.